The van der Waals surface area contributed by atoms with Crippen molar-refractivity contribution < 1.29 is 14.3 Å². The van der Waals surface area contributed by atoms with Gasteiger partial charge in [0, 0.05) is 30.4 Å². The third kappa shape index (κ3) is 2.17. The number of rotatable bonds is 2. The topological polar surface area (TPSA) is 56.7 Å². The molecule has 1 aromatic rings. The Balaban J connectivity index is 1.75. The quantitative estimate of drug-likeness (QED) is 0.891. The van der Waals surface area contributed by atoms with Gasteiger partial charge in [-0.25, -0.2) is 9.37 Å². The highest BCUT2D eigenvalue weighted by atomic mass is 35.5. The van der Waals surface area contributed by atoms with E-state index in [1.165, 1.54) is 11.1 Å². The molecular formula is C17H17ClFN3O2. The van der Waals surface area contributed by atoms with Crippen LogP contribution in [0, 0.1) is 0 Å². The molecule has 24 heavy (non-hydrogen) atoms. The zero-order valence-corrected chi connectivity index (χ0v) is 13.8. The van der Waals surface area contributed by atoms with Gasteiger partial charge in [0.1, 0.15) is 11.5 Å². The van der Waals surface area contributed by atoms with Gasteiger partial charge in [0.25, 0.3) is 5.91 Å². The van der Waals surface area contributed by atoms with Gasteiger partial charge in [0.05, 0.1) is 17.7 Å². The number of anilines is 1. The minimum Gasteiger partial charge on any atom is -0.391 e. The van der Waals surface area contributed by atoms with Gasteiger partial charge in [0.2, 0.25) is 0 Å². The van der Waals surface area contributed by atoms with Crippen LogP contribution in [0.25, 0.3) is 0 Å². The highest BCUT2D eigenvalue weighted by Crippen LogP contribution is 2.42. The molecule has 3 heterocycles. The Morgan fingerprint density at radius 1 is 1.42 bits per heavy atom. The van der Waals surface area contributed by atoms with Crippen LogP contribution in [0.1, 0.15) is 24.8 Å². The minimum atomic E-state index is -0.418. The van der Waals surface area contributed by atoms with E-state index in [1.807, 2.05) is 11.0 Å². The van der Waals surface area contributed by atoms with Crippen LogP contribution >= 0.6 is 11.6 Å². The number of nitrogens with zero attached hydrogens (tertiary/aromatic N) is 3. The van der Waals surface area contributed by atoms with Crippen LogP contribution in [0.3, 0.4) is 0 Å². The van der Waals surface area contributed by atoms with E-state index in [0.29, 0.717) is 35.1 Å². The smallest absolute Gasteiger partial charge is 0.278 e. The molecule has 1 amide bonds. The van der Waals surface area contributed by atoms with Crippen molar-refractivity contribution in [2.45, 2.75) is 31.9 Å². The summed E-state index contributed by atoms with van der Waals surface area (Å²) in [6.45, 7) is 0.597. The van der Waals surface area contributed by atoms with Crippen LogP contribution in [0.2, 0.25) is 5.02 Å². The average molecular weight is 350 g/mol. The van der Waals surface area contributed by atoms with Crippen molar-refractivity contribution >= 4 is 23.3 Å². The molecule has 1 aliphatic carbocycles. The van der Waals surface area contributed by atoms with E-state index in [4.69, 9.17) is 11.6 Å². The first-order chi connectivity index (χ1) is 11.6. The summed E-state index contributed by atoms with van der Waals surface area (Å²) < 4.78 is 14.8. The third-order valence-electron chi connectivity index (χ3n) is 4.93. The van der Waals surface area contributed by atoms with Gasteiger partial charge >= 0.3 is 0 Å². The summed E-state index contributed by atoms with van der Waals surface area (Å²) in [5.41, 5.74) is 1.15. The van der Waals surface area contributed by atoms with E-state index in [9.17, 15) is 14.3 Å². The van der Waals surface area contributed by atoms with Crippen LogP contribution in [0.15, 0.2) is 35.4 Å². The van der Waals surface area contributed by atoms with E-state index < -0.39 is 11.7 Å². The van der Waals surface area contributed by atoms with Gasteiger partial charge in [-0.15, -0.1) is 0 Å². The first-order valence-corrected chi connectivity index (χ1v) is 8.44. The third-order valence-corrected chi connectivity index (χ3v) is 5.29. The Bertz CT molecular complexity index is 777. The first-order valence-electron chi connectivity index (χ1n) is 8.06. The SMILES string of the molecule is O=C1C2=C(F)C3=CCCCC3N2CCN1c1nccc(Cl)c1CO. The second kappa shape index (κ2) is 5.86. The lowest BCUT2D eigenvalue weighted by Gasteiger charge is -2.38. The van der Waals surface area contributed by atoms with Gasteiger partial charge in [0.15, 0.2) is 5.83 Å². The predicted molar refractivity (Wildman–Crippen MR) is 88.1 cm³/mol. The van der Waals surface area contributed by atoms with E-state index in [2.05, 4.69) is 4.98 Å². The predicted octanol–water partition coefficient (Wildman–Crippen LogP) is 2.55. The average Bonchev–Trinajstić information content (AvgIpc) is 2.89. The van der Waals surface area contributed by atoms with Gasteiger partial charge in [-0.1, -0.05) is 17.7 Å². The fourth-order valence-corrected chi connectivity index (χ4v) is 4.00. The highest BCUT2D eigenvalue weighted by Gasteiger charge is 2.45. The lowest BCUT2D eigenvalue weighted by atomic mass is 9.95. The monoisotopic (exact) mass is 349 g/mol. The Morgan fingerprint density at radius 3 is 3.04 bits per heavy atom. The molecular weight excluding hydrogens is 333 g/mol. The molecule has 1 atom stereocenters. The van der Waals surface area contributed by atoms with Crippen molar-refractivity contribution in [2.24, 2.45) is 0 Å². The van der Waals surface area contributed by atoms with Crippen LogP contribution in [0.4, 0.5) is 10.2 Å². The maximum Gasteiger partial charge on any atom is 0.278 e. The molecule has 126 valence electrons. The Morgan fingerprint density at radius 2 is 2.25 bits per heavy atom. The molecule has 7 heteroatoms. The van der Waals surface area contributed by atoms with Crippen molar-refractivity contribution in [1.29, 1.82) is 0 Å². The van der Waals surface area contributed by atoms with E-state index >= 15 is 0 Å². The van der Waals surface area contributed by atoms with Gasteiger partial charge in [-0.2, -0.15) is 0 Å². The molecule has 0 saturated carbocycles. The molecule has 5 nitrogen and oxygen atoms in total. The molecule has 1 aromatic heterocycles. The standard InChI is InChI=1S/C17H17ClFN3O2/c18-12-5-6-20-16(11(12)9-23)22-8-7-21-13-4-2-1-3-10(13)14(19)15(21)17(22)24/h3,5-6,13,23H,1-2,4,7-9H2. The summed E-state index contributed by atoms with van der Waals surface area (Å²) in [5.74, 6) is -0.528. The number of aliphatic hydroxyl groups is 1. The summed E-state index contributed by atoms with van der Waals surface area (Å²) in [4.78, 5) is 20.4. The van der Waals surface area contributed by atoms with Gasteiger partial charge < -0.3 is 10.0 Å². The van der Waals surface area contributed by atoms with Crippen molar-refractivity contribution in [3.05, 3.63) is 46.0 Å². The normalized spacial score (nSPS) is 23.4. The zero-order valence-electron chi connectivity index (χ0n) is 13.0. The number of allylic oxidation sites excluding steroid dienone is 1. The fourth-order valence-electron chi connectivity index (χ4n) is 3.80. The summed E-state index contributed by atoms with van der Waals surface area (Å²) in [5, 5.41) is 9.90. The number of halogens is 2. The summed E-state index contributed by atoms with van der Waals surface area (Å²) >= 11 is 6.09. The second-order valence-electron chi connectivity index (χ2n) is 6.17. The van der Waals surface area contributed by atoms with Crippen LogP contribution in [-0.4, -0.2) is 40.0 Å². The molecule has 0 aromatic carbocycles. The van der Waals surface area contributed by atoms with Crippen LogP contribution in [0.5, 0.6) is 0 Å². The second-order valence-corrected chi connectivity index (χ2v) is 6.58. The molecule has 0 radical (unpaired) electrons. The first kappa shape index (κ1) is 15.6. The molecule has 2 aliphatic heterocycles. The van der Waals surface area contributed by atoms with E-state index in [0.717, 1.165) is 19.3 Å². The lowest BCUT2D eigenvalue weighted by Crippen LogP contribution is -2.50. The Labute approximate surface area is 144 Å². The number of amides is 1. The number of pyridine rings is 1. The fraction of sp³-hybridized carbons (Fsp3) is 0.412. The molecule has 1 unspecified atom stereocenters. The summed E-state index contributed by atoms with van der Waals surface area (Å²) in [7, 11) is 0. The molecule has 4 rings (SSSR count). The molecule has 1 N–H and O–H groups in total. The Kier molecular flexibility index (Phi) is 3.81. The van der Waals surface area contributed by atoms with Crippen LogP contribution < -0.4 is 4.90 Å². The number of fused-ring (bicyclic) bond motifs is 3. The maximum absolute atomic E-state index is 14.8. The Hall–Kier alpha value is -1.92. The maximum atomic E-state index is 14.8. The molecule has 1 fully saturated rings. The molecule has 0 spiro atoms. The number of piperazine rings is 1. The van der Waals surface area contributed by atoms with Gasteiger partial charge in [-0.05, 0) is 25.3 Å². The van der Waals surface area contributed by atoms with Crippen molar-refractivity contribution in [3.63, 3.8) is 0 Å². The van der Waals surface area contributed by atoms with Gasteiger partial charge in [-0.3, -0.25) is 9.69 Å². The summed E-state index contributed by atoms with van der Waals surface area (Å²) in [6.07, 6.45) is 6.12. The number of aliphatic hydroxyl groups excluding tert-OH is 1. The van der Waals surface area contributed by atoms with Crippen molar-refractivity contribution in [2.75, 3.05) is 18.0 Å². The molecule has 3 aliphatic rings. The lowest BCUT2D eigenvalue weighted by molar-refractivity contribution is -0.118. The number of aromatic nitrogens is 1. The minimum absolute atomic E-state index is 0.0236. The zero-order chi connectivity index (χ0) is 16.8. The molecule has 0 bridgehead atoms. The van der Waals surface area contributed by atoms with Crippen LogP contribution in [-0.2, 0) is 11.4 Å². The number of hydrogen-bond donors (Lipinski definition) is 1. The van der Waals surface area contributed by atoms with Crippen molar-refractivity contribution in [3.8, 4) is 0 Å². The number of carbonyl (C=O) groups excluding carboxylic acids is 1. The number of carbonyl (C=O) groups is 1. The number of hydrogen-bond acceptors (Lipinski definition) is 4. The van der Waals surface area contributed by atoms with E-state index in [1.54, 1.807) is 6.07 Å². The largest absolute Gasteiger partial charge is 0.391 e. The van der Waals surface area contributed by atoms with Crippen molar-refractivity contribution in [1.82, 2.24) is 9.88 Å². The molecule has 1 saturated heterocycles. The highest BCUT2D eigenvalue weighted by molar-refractivity contribution is 6.31. The summed E-state index contributed by atoms with van der Waals surface area (Å²) in [6, 6.07) is 1.54. The van der Waals surface area contributed by atoms with E-state index in [-0.39, 0.29) is 18.3 Å².